The van der Waals surface area contributed by atoms with Crippen molar-refractivity contribution in [1.82, 2.24) is 20.3 Å². The molecular weight excluding hydrogens is 476 g/mol. The molecule has 0 bridgehead atoms. The molecule has 1 aliphatic rings. The summed E-state index contributed by atoms with van der Waals surface area (Å²) >= 11 is 0. The summed E-state index contributed by atoms with van der Waals surface area (Å²) in [6, 6.07) is 5.77. The molecule has 0 radical (unpaired) electrons. The van der Waals surface area contributed by atoms with Gasteiger partial charge in [-0.05, 0) is 38.2 Å². The fourth-order valence-corrected chi connectivity index (χ4v) is 5.28. The third-order valence-corrected chi connectivity index (χ3v) is 7.30. The highest BCUT2D eigenvalue weighted by Crippen LogP contribution is 2.20. The number of nitrogens with two attached hydrogens (primary N) is 1. The molecule has 1 aromatic rings. The molecule has 1 heterocycles. The molecule has 1 aliphatic heterocycles. The Bertz CT molecular complexity index is 960. The minimum atomic E-state index is -3.88. The topological polar surface area (TPSA) is 198 Å². The Balaban J connectivity index is 1.93. The molecule has 2 amide bonds. The van der Waals surface area contributed by atoms with E-state index in [2.05, 4.69) is 15.4 Å². The van der Waals surface area contributed by atoms with Crippen molar-refractivity contribution in [3.63, 3.8) is 0 Å². The van der Waals surface area contributed by atoms with Gasteiger partial charge in [-0.2, -0.15) is 0 Å². The van der Waals surface area contributed by atoms with Crippen molar-refractivity contribution in [3.8, 4) is 0 Å². The number of aliphatic hydroxyl groups excluding tert-OH is 2. The van der Waals surface area contributed by atoms with Crippen LogP contribution in [0.3, 0.4) is 0 Å². The first-order valence-corrected chi connectivity index (χ1v) is 13.2. The summed E-state index contributed by atoms with van der Waals surface area (Å²) in [5.74, 6) is -1.76. The van der Waals surface area contributed by atoms with Gasteiger partial charge in [0.15, 0.2) is 5.96 Å². The molecule has 196 valence electrons. The number of aryl methyl sites for hydroxylation is 1. The number of aliphatic hydroxyl groups is 2. The molecule has 0 aliphatic carbocycles. The van der Waals surface area contributed by atoms with E-state index in [0.717, 1.165) is 5.56 Å². The molecule has 0 saturated carbocycles. The van der Waals surface area contributed by atoms with Crippen LogP contribution in [0.4, 0.5) is 0 Å². The van der Waals surface area contributed by atoms with Gasteiger partial charge in [0.1, 0.15) is 12.1 Å². The average molecular weight is 513 g/mol. The van der Waals surface area contributed by atoms with Crippen molar-refractivity contribution in [2.75, 3.05) is 25.5 Å². The van der Waals surface area contributed by atoms with E-state index in [1.165, 1.54) is 6.92 Å². The normalized spacial score (nSPS) is 20.0. The van der Waals surface area contributed by atoms with Crippen LogP contribution < -0.4 is 21.1 Å². The highest BCUT2D eigenvalue weighted by atomic mass is 32.2. The second-order valence-corrected chi connectivity index (χ2v) is 10.4. The summed E-state index contributed by atoms with van der Waals surface area (Å²) < 4.78 is 27.0. The number of hydrogen-bond acceptors (Lipinski definition) is 7. The summed E-state index contributed by atoms with van der Waals surface area (Å²) in [6.45, 7) is 1.06. The molecule has 12 nitrogen and oxygen atoms in total. The first-order valence-electron chi connectivity index (χ1n) is 11.5. The van der Waals surface area contributed by atoms with Crippen molar-refractivity contribution < 1.29 is 28.2 Å². The first-order chi connectivity index (χ1) is 16.6. The van der Waals surface area contributed by atoms with E-state index in [9.17, 15) is 28.2 Å². The molecule has 1 fully saturated rings. The van der Waals surface area contributed by atoms with Crippen molar-refractivity contribution in [2.45, 2.75) is 56.8 Å². The zero-order chi connectivity index (χ0) is 26.0. The van der Waals surface area contributed by atoms with Crippen LogP contribution in [-0.2, 0) is 26.0 Å². The minimum Gasteiger partial charge on any atom is -0.396 e. The molecule has 2 rings (SSSR count). The number of nitrogens with zero attached hydrogens (tertiary/aromatic N) is 1. The smallest absolute Gasteiger partial charge is 0.242 e. The van der Waals surface area contributed by atoms with Gasteiger partial charge in [-0.15, -0.1) is 0 Å². The van der Waals surface area contributed by atoms with Crippen LogP contribution in [-0.4, -0.2) is 91.0 Å². The Morgan fingerprint density at radius 2 is 1.91 bits per heavy atom. The maximum atomic E-state index is 12.7. The fraction of sp³-hybridized carbons (Fsp3) is 0.591. The van der Waals surface area contributed by atoms with E-state index in [4.69, 9.17) is 11.1 Å². The molecule has 35 heavy (non-hydrogen) atoms. The van der Waals surface area contributed by atoms with Crippen LogP contribution in [0, 0.1) is 5.41 Å². The number of guanidine groups is 1. The predicted octanol–water partition coefficient (Wildman–Crippen LogP) is -1.76. The lowest BCUT2D eigenvalue weighted by molar-refractivity contribution is -0.130. The lowest BCUT2D eigenvalue weighted by atomic mass is 9.93. The van der Waals surface area contributed by atoms with E-state index < -0.39 is 46.6 Å². The summed E-state index contributed by atoms with van der Waals surface area (Å²) in [7, 11) is -3.88. The van der Waals surface area contributed by atoms with Gasteiger partial charge in [0.25, 0.3) is 0 Å². The summed E-state index contributed by atoms with van der Waals surface area (Å²) in [5.41, 5.74) is 6.46. The van der Waals surface area contributed by atoms with Crippen LogP contribution in [0.1, 0.15) is 31.7 Å². The number of hydrogen-bond donors (Lipinski definition) is 7. The fourth-order valence-electron chi connectivity index (χ4n) is 4.05. The zero-order valence-corrected chi connectivity index (χ0v) is 20.6. The number of likely N-dealkylation sites (tertiary alicyclic amines) is 1. The van der Waals surface area contributed by atoms with Crippen molar-refractivity contribution in [1.29, 1.82) is 5.41 Å². The maximum absolute atomic E-state index is 12.7. The van der Waals surface area contributed by atoms with E-state index >= 15 is 0 Å². The molecule has 13 heteroatoms. The van der Waals surface area contributed by atoms with E-state index in [1.807, 2.05) is 6.07 Å². The van der Waals surface area contributed by atoms with Crippen LogP contribution >= 0.6 is 0 Å². The Hall–Kier alpha value is -2.74. The molecule has 1 unspecified atom stereocenters. The molecule has 1 saturated heterocycles. The second kappa shape index (κ2) is 13.4. The van der Waals surface area contributed by atoms with Gasteiger partial charge in [-0.25, -0.2) is 13.1 Å². The quantitative estimate of drug-likeness (QED) is 0.126. The van der Waals surface area contributed by atoms with Gasteiger partial charge in [-0.3, -0.25) is 15.0 Å². The number of piperidine rings is 1. The standard InChI is InChI=1S/C22H36N6O6S/c1-15(20(31)26-17-8-5-11-28(22(23)24)19(17)9-12-29)25-21(32)18(14-30)27-35(33,34)13-10-16-6-3-2-4-7-16/h2-4,6-7,15,17-19,27,29-30H,5,8-14H2,1H3,(H3,23,24)(H,25,32)(H,26,31)/t15-,17-,18+,19?/m0/s1. The number of nitrogens with one attached hydrogen (secondary N) is 4. The van der Waals surface area contributed by atoms with Gasteiger partial charge >= 0.3 is 0 Å². The van der Waals surface area contributed by atoms with Crippen molar-refractivity contribution in [2.24, 2.45) is 5.73 Å². The molecule has 0 spiro atoms. The second-order valence-electron chi connectivity index (χ2n) is 8.55. The largest absolute Gasteiger partial charge is 0.396 e. The molecule has 1 aromatic carbocycles. The SMILES string of the molecule is C[C@H](NC(=O)[C@@H](CO)NS(=O)(=O)CCc1ccccc1)C(=O)N[C@H]1CCCN(C(=N)N)C1CCO. The number of carbonyl (C=O) groups excluding carboxylic acids is 2. The van der Waals surface area contributed by atoms with E-state index in [1.54, 1.807) is 29.2 Å². The summed E-state index contributed by atoms with van der Waals surface area (Å²) in [5, 5.41) is 32.0. The monoisotopic (exact) mass is 512 g/mol. The number of rotatable bonds is 12. The van der Waals surface area contributed by atoms with Gasteiger partial charge in [0, 0.05) is 19.2 Å². The van der Waals surface area contributed by atoms with Gasteiger partial charge in [0.2, 0.25) is 21.8 Å². The van der Waals surface area contributed by atoms with Gasteiger partial charge in [0.05, 0.1) is 18.4 Å². The number of benzene rings is 1. The highest BCUT2D eigenvalue weighted by Gasteiger charge is 2.34. The van der Waals surface area contributed by atoms with Crippen LogP contribution in [0.15, 0.2) is 30.3 Å². The summed E-state index contributed by atoms with van der Waals surface area (Å²) in [6.07, 6.45) is 1.84. The van der Waals surface area contributed by atoms with Crippen molar-refractivity contribution >= 4 is 27.8 Å². The first kappa shape index (κ1) is 28.5. The lowest BCUT2D eigenvalue weighted by Crippen LogP contribution is -2.61. The molecule has 0 aromatic heterocycles. The molecular formula is C22H36N6O6S. The van der Waals surface area contributed by atoms with Crippen molar-refractivity contribution in [3.05, 3.63) is 35.9 Å². The maximum Gasteiger partial charge on any atom is 0.242 e. The number of sulfonamides is 1. The minimum absolute atomic E-state index is 0.143. The Labute approximate surface area is 205 Å². The van der Waals surface area contributed by atoms with Gasteiger partial charge in [-0.1, -0.05) is 30.3 Å². The number of amides is 2. The Morgan fingerprint density at radius 1 is 1.23 bits per heavy atom. The molecule has 4 atom stereocenters. The Kier molecular flexibility index (Phi) is 10.9. The van der Waals surface area contributed by atoms with Crippen LogP contribution in [0.2, 0.25) is 0 Å². The van der Waals surface area contributed by atoms with E-state index in [-0.39, 0.29) is 30.8 Å². The Morgan fingerprint density at radius 3 is 2.51 bits per heavy atom. The lowest BCUT2D eigenvalue weighted by Gasteiger charge is -2.42. The molecule has 8 N–H and O–H groups in total. The number of carbonyl (C=O) groups is 2. The summed E-state index contributed by atoms with van der Waals surface area (Å²) in [4.78, 5) is 26.9. The average Bonchev–Trinajstić information content (AvgIpc) is 2.82. The van der Waals surface area contributed by atoms with Crippen LogP contribution in [0.5, 0.6) is 0 Å². The third kappa shape index (κ3) is 8.76. The van der Waals surface area contributed by atoms with Gasteiger partial charge < -0.3 is 31.5 Å². The van der Waals surface area contributed by atoms with E-state index in [0.29, 0.717) is 25.8 Å². The third-order valence-electron chi connectivity index (χ3n) is 5.92. The predicted molar refractivity (Wildman–Crippen MR) is 131 cm³/mol. The zero-order valence-electron chi connectivity index (χ0n) is 19.8. The highest BCUT2D eigenvalue weighted by molar-refractivity contribution is 7.89. The van der Waals surface area contributed by atoms with Crippen LogP contribution in [0.25, 0.3) is 0 Å².